The number of ether oxygens (including phenoxy) is 2. The second-order valence-electron chi connectivity index (χ2n) is 3.89. The summed E-state index contributed by atoms with van der Waals surface area (Å²) in [7, 11) is 1.34. The number of methoxy groups -OCH3 is 1. The Morgan fingerprint density at radius 1 is 1.59 bits per heavy atom. The predicted molar refractivity (Wildman–Crippen MR) is 59.7 cm³/mol. The van der Waals surface area contributed by atoms with E-state index in [4.69, 9.17) is 14.6 Å². The highest BCUT2D eigenvalue weighted by atomic mass is 16.6. The molecular formula is C11H17NO5. The topological polar surface area (TPSA) is 76.1 Å². The number of hydrogen-bond acceptors (Lipinski definition) is 4. The van der Waals surface area contributed by atoms with Crippen LogP contribution in [-0.2, 0) is 14.3 Å². The monoisotopic (exact) mass is 243 g/mol. The van der Waals surface area contributed by atoms with Crippen LogP contribution in [0, 0.1) is 0 Å². The summed E-state index contributed by atoms with van der Waals surface area (Å²) in [5.41, 5.74) is -1.31. The molecule has 1 heterocycles. The summed E-state index contributed by atoms with van der Waals surface area (Å²) in [6.45, 7) is 4.04. The third-order valence-corrected chi connectivity index (χ3v) is 2.82. The summed E-state index contributed by atoms with van der Waals surface area (Å²) in [5, 5.41) is 9.14. The van der Waals surface area contributed by atoms with Crippen molar-refractivity contribution in [1.29, 1.82) is 0 Å². The van der Waals surface area contributed by atoms with Crippen molar-refractivity contribution in [3.05, 3.63) is 12.7 Å². The normalized spacial score (nSPS) is 24.2. The Hall–Kier alpha value is -1.56. The molecule has 1 aliphatic rings. The van der Waals surface area contributed by atoms with Crippen LogP contribution in [0.1, 0.15) is 12.8 Å². The summed E-state index contributed by atoms with van der Waals surface area (Å²) in [6.07, 6.45) is 1.89. The quantitative estimate of drug-likeness (QED) is 0.741. The van der Waals surface area contributed by atoms with Crippen molar-refractivity contribution < 1.29 is 24.2 Å². The Balaban J connectivity index is 2.68. The van der Waals surface area contributed by atoms with Gasteiger partial charge < -0.3 is 19.5 Å². The third-order valence-electron chi connectivity index (χ3n) is 2.82. The lowest BCUT2D eigenvalue weighted by Crippen LogP contribution is -2.55. The molecule has 17 heavy (non-hydrogen) atoms. The molecule has 1 atom stereocenters. The maximum atomic E-state index is 11.6. The van der Waals surface area contributed by atoms with E-state index in [1.807, 2.05) is 0 Å². The molecule has 1 aliphatic heterocycles. The van der Waals surface area contributed by atoms with E-state index >= 15 is 0 Å². The molecule has 1 N–H and O–H groups in total. The number of carbonyl (C=O) groups is 2. The number of carboxylic acid groups (broad SMARTS) is 1. The van der Waals surface area contributed by atoms with Crippen LogP contribution in [0.5, 0.6) is 0 Å². The first-order chi connectivity index (χ1) is 8.05. The van der Waals surface area contributed by atoms with Gasteiger partial charge in [-0.15, -0.1) is 0 Å². The largest absolute Gasteiger partial charge is 0.479 e. The summed E-state index contributed by atoms with van der Waals surface area (Å²) in [6, 6.07) is 0. The Kier molecular flexibility index (Phi) is 4.51. The van der Waals surface area contributed by atoms with Gasteiger partial charge in [-0.3, -0.25) is 0 Å². The van der Waals surface area contributed by atoms with Crippen molar-refractivity contribution in [2.75, 3.05) is 26.8 Å². The standard InChI is InChI=1S/C11H17NO5/c1-3-7-17-10(15)12-6-4-5-11(8-12,16-2)9(13)14/h3H,1,4-8H2,2H3,(H,13,14). The molecule has 1 unspecified atom stereocenters. The van der Waals surface area contributed by atoms with Crippen LogP contribution in [0.3, 0.4) is 0 Å². The first-order valence-corrected chi connectivity index (χ1v) is 5.37. The van der Waals surface area contributed by atoms with E-state index in [1.54, 1.807) is 0 Å². The molecule has 1 rings (SSSR count). The summed E-state index contributed by atoms with van der Waals surface area (Å²) in [5.74, 6) is -1.05. The SMILES string of the molecule is C=CCOC(=O)N1CCCC(OC)(C(=O)O)C1. The number of carbonyl (C=O) groups excluding carboxylic acids is 1. The van der Waals surface area contributed by atoms with Gasteiger partial charge in [-0.25, -0.2) is 9.59 Å². The third kappa shape index (κ3) is 2.97. The molecule has 0 radical (unpaired) electrons. The van der Waals surface area contributed by atoms with Gasteiger partial charge in [0, 0.05) is 13.7 Å². The number of aliphatic carboxylic acids is 1. The van der Waals surface area contributed by atoms with Crippen LogP contribution in [0.2, 0.25) is 0 Å². The lowest BCUT2D eigenvalue weighted by molar-refractivity contribution is -0.168. The van der Waals surface area contributed by atoms with Gasteiger partial charge in [0.15, 0.2) is 5.60 Å². The van der Waals surface area contributed by atoms with E-state index in [-0.39, 0.29) is 13.2 Å². The molecular weight excluding hydrogens is 226 g/mol. The van der Waals surface area contributed by atoms with Crippen LogP contribution < -0.4 is 0 Å². The molecule has 0 bridgehead atoms. The minimum atomic E-state index is -1.31. The maximum Gasteiger partial charge on any atom is 0.410 e. The van der Waals surface area contributed by atoms with E-state index in [2.05, 4.69) is 6.58 Å². The predicted octanol–water partition coefficient (Wildman–Crippen LogP) is 0.875. The summed E-state index contributed by atoms with van der Waals surface area (Å²) < 4.78 is 9.92. The van der Waals surface area contributed by atoms with Crippen LogP contribution >= 0.6 is 0 Å². The van der Waals surface area contributed by atoms with Gasteiger partial charge in [-0.2, -0.15) is 0 Å². The van der Waals surface area contributed by atoms with Crippen LogP contribution in [0.25, 0.3) is 0 Å². The Morgan fingerprint density at radius 3 is 2.82 bits per heavy atom. The van der Waals surface area contributed by atoms with E-state index in [0.717, 1.165) is 0 Å². The minimum Gasteiger partial charge on any atom is -0.479 e. The van der Waals surface area contributed by atoms with Crippen molar-refractivity contribution in [3.8, 4) is 0 Å². The zero-order valence-electron chi connectivity index (χ0n) is 9.85. The number of hydrogen-bond donors (Lipinski definition) is 1. The number of likely N-dealkylation sites (tertiary alicyclic amines) is 1. The number of rotatable bonds is 4. The molecule has 6 heteroatoms. The minimum absolute atomic E-state index is 0.00874. The molecule has 0 aromatic rings. The molecule has 0 aromatic heterocycles. The molecule has 1 fully saturated rings. The molecule has 0 aromatic carbocycles. The highest BCUT2D eigenvalue weighted by Crippen LogP contribution is 2.25. The number of carboxylic acids is 1. The lowest BCUT2D eigenvalue weighted by atomic mass is 9.93. The first-order valence-electron chi connectivity index (χ1n) is 5.37. The van der Waals surface area contributed by atoms with Crippen LogP contribution in [0.4, 0.5) is 4.79 Å². The van der Waals surface area contributed by atoms with Crippen molar-refractivity contribution >= 4 is 12.1 Å². The van der Waals surface area contributed by atoms with Crippen LogP contribution in [-0.4, -0.2) is 54.5 Å². The molecule has 0 spiro atoms. The second-order valence-corrected chi connectivity index (χ2v) is 3.89. The highest BCUT2D eigenvalue weighted by Gasteiger charge is 2.44. The fraction of sp³-hybridized carbons (Fsp3) is 0.636. The molecule has 0 saturated carbocycles. The maximum absolute atomic E-state index is 11.6. The molecule has 0 aliphatic carbocycles. The Bertz CT molecular complexity index is 317. The van der Waals surface area contributed by atoms with Gasteiger partial charge in [0.1, 0.15) is 6.61 Å². The fourth-order valence-electron chi connectivity index (χ4n) is 1.83. The van der Waals surface area contributed by atoms with E-state index in [0.29, 0.717) is 19.4 Å². The number of nitrogens with zero attached hydrogens (tertiary/aromatic N) is 1. The number of amides is 1. The molecule has 1 amide bonds. The van der Waals surface area contributed by atoms with Crippen LogP contribution in [0.15, 0.2) is 12.7 Å². The molecule has 96 valence electrons. The van der Waals surface area contributed by atoms with Crippen molar-refractivity contribution in [2.45, 2.75) is 18.4 Å². The van der Waals surface area contributed by atoms with Crippen molar-refractivity contribution in [1.82, 2.24) is 4.90 Å². The molecule has 6 nitrogen and oxygen atoms in total. The van der Waals surface area contributed by atoms with Gasteiger partial charge in [-0.1, -0.05) is 12.7 Å². The van der Waals surface area contributed by atoms with Gasteiger partial charge in [0.05, 0.1) is 6.54 Å². The van der Waals surface area contributed by atoms with Gasteiger partial charge >= 0.3 is 12.1 Å². The highest BCUT2D eigenvalue weighted by molar-refractivity contribution is 5.79. The Morgan fingerprint density at radius 2 is 2.29 bits per heavy atom. The second kappa shape index (κ2) is 5.67. The van der Waals surface area contributed by atoms with E-state index in [9.17, 15) is 9.59 Å². The number of piperidine rings is 1. The zero-order chi connectivity index (χ0) is 12.9. The van der Waals surface area contributed by atoms with Gasteiger partial charge in [0.25, 0.3) is 0 Å². The molecule has 1 saturated heterocycles. The first kappa shape index (κ1) is 13.5. The fourth-order valence-corrected chi connectivity index (χ4v) is 1.83. The Labute approximate surface area is 99.8 Å². The van der Waals surface area contributed by atoms with Crippen molar-refractivity contribution in [3.63, 3.8) is 0 Å². The summed E-state index contributed by atoms with van der Waals surface area (Å²) in [4.78, 5) is 24.1. The van der Waals surface area contributed by atoms with E-state index in [1.165, 1.54) is 18.1 Å². The zero-order valence-corrected chi connectivity index (χ0v) is 9.85. The average Bonchev–Trinajstić information content (AvgIpc) is 2.35. The van der Waals surface area contributed by atoms with Gasteiger partial charge in [0.2, 0.25) is 0 Å². The van der Waals surface area contributed by atoms with Gasteiger partial charge in [-0.05, 0) is 12.8 Å². The average molecular weight is 243 g/mol. The lowest BCUT2D eigenvalue weighted by Gasteiger charge is -2.38. The smallest absolute Gasteiger partial charge is 0.410 e. The summed E-state index contributed by atoms with van der Waals surface area (Å²) >= 11 is 0. The van der Waals surface area contributed by atoms with E-state index < -0.39 is 17.7 Å². The van der Waals surface area contributed by atoms with Crippen molar-refractivity contribution in [2.24, 2.45) is 0 Å².